The van der Waals surface area contributed by atoms with Crippen molar-refractivity contribution in [2.75, 3.05) is 26.7 Å². The van der Waals surface area contributed by atoms with Gasteiger partial charge in [-0.2, -0.15) is 4.31 Å². The van der Waals surface area contributed by atoms with Crippen LogP contribution in [0.2, 0.25) is 0 Å². The number of piperidine rings is 1. The van der Waals surface area contributed by atoms with E-state index in [1.807, 2.05) is 34.9 Å². The van der Waals surface area contributed by atoms with Crippen molar-refractivity contribution in [3.05, 3.63) is 60.0 Å². The Bertz CT molecular complexity index is 1110. The summed E-state index contributed by atoms with van der Waals surface area (Å²) in [5.41, 5.74) is 1.03. The molecule has 0 N–H and O–H groups in total. The van der Waals surface area contributed by atoms with Gasteiger partial charge in [0.25, 0.3) is 10.0 Å². The number of para-hydroxylation sites is 1. The van der Waals surface area contributed by atoms with Gasteiger partial charge in [0, 0.05) is 32.2 Å². The molecular weight excluding hydrogens is 434 g/mol. The fourth-order valence-corrected chi connectivity index (χ4v) is 6.11. The fourth-order valence-electron chi connectivity index (χ4n) is 3.79. The summed E-state index contributed by atoms with van der Waals surface area (Å²) >= 11 is 1.15. The smallest absolute Gasteiger partial charge is 0.252 e. The molecule has 0 atom stereocenters. The second-order valence-electron chi connectivity index (χ2n) is 7.67. The topological polar surface area (TPSA) is 88.4 Å². The third kappa shape index (κ3) is 4.86. The van der Waals surface area contributed by atoms with Crippen LogP contribution in [0.5, 0.6) is 0 Å². The molecule has 1 aliphatic heterocycles. The predicted molar refractivity (Wildman–Crippen MR) is 119 cm³/mol. The molecule has 1 fully saturated rings. The number of sulfonamides is 1. The maximum Gasteiger partial charge on any atom is 0.252 e. The van der Waals surface area contributed by atoms with Crippen LogP contribution in [0.1, 0.15) is 18.7 Å². The summed E-state index contributed by atoms with van der Waals surface area (Å²) in [4.78, 5) is 14.4. The molecule has 0 saturated carbocycles. The number of aromatic nitrogens is 3. The van der Waals surface area contributed by atoms with Gasteiger partial charge in [0.2, 0.25) is 5.91 Å². The van der Waals surface area contributed by atoms with E-state index >= 15 is 0 Å². The molecule has 1 aliphatic rings. The highest BCUT2D eigenvalue weighted by atomic mass is 32.2. The Morgan fingerprint density at radius 3 is 2.58 bits per heavy atom. The molecule has 1 amide bonds. The molecule has 8 nitrogen and oxygen atoms in total. The third-order valence-corrected chi connectivity index (χ3v) is 8.79. The minimum Gasteiger partial charge on any atom is -0.342 e. The summed E-state index contributed by atoms with van der Waals surface area (Å²) in [6.07, 6.45) is 4.24. The number of thiophene rings is 1. The Balaban J connectivity index is 1.31. The van der Waals surface area contributed by atoms with Crippen molar-refractivity contribution in [3.63, 3.8) is 0 Å². The van der Waals surface area contributed by atoms with Gasteiger partial charge in [-0.25, -0.2) is 8.42 Å². The lowest BCUT2D eigenvalue weighted by Crippen LogP contribution is -2.44. The molecule has 164 valence electrons. The Hall–Kier alpha value is -2.56. The van der Waals surface area contributed by atoms with E-state index in [1.165, 1.54) is 7.05 Å². The van der Waals surface area contributed by atoms with Crippen LogP contribution >= 0.6 is 11.3 Å². The van der Waals surface area contributed by atoms with Gasteiger partial charge in [0.1, 0.15) is 16.4 Å². The van der Waals surface area contributed by atoms with Crippen molar-refractivity contribution in [3.8, 4) is 5.69 Å². The number of benzene rings is 1. The summed E-state index contributed by atoms with van der Waals surface area (Å²) < 4.78 is 28.5. The van der Waals surface area contributed by atoms with Gasteiger partial charge < -0.3 is 4.90 Å². The molecule has 1 saturated heterocycles. The highest BCUT2D eigenvalue weighted by molar-refractivity contribution is 7.91. The van der Waals surface area contributed by atoms with E-state index in [4.69, 9.17) is 0 Å². The molecule has 0 radical (unpaired) electrons. The average molecular weight is 460 g/mol. The number of nitrogens with zero attached hydrogens (tertiary/aromatic N) is 5. The number of hydrogen-bond donors (Lipinski definition) is 0. The molecule has 3 heterocycles. The van der Waals surface area contributed by atoms with Gasteiger partial charge in [-0.05, 0) is 42.3 Å². The fraction of sp³-hybridized carbons (Fsp3) is 0.381. The first kappa shape index (κ1) is 21.7. The quantitative estimate of drug-likeness (QED) is 0.541. The van der Waals surface area contributed by atoms with Crippen LogP contribution in [0.15, 0.2) is 58.4 Å². The van der Waals surface area contributed by atoms with Gasteiger partial charge in [-0.1, -0.05) is 24.3 Å². The highest BCUT2D eigenvalue weighted by Crippen LogP contribution is 2.23. The first-order valence-electron chi connectivity index (χ1n) is 10.2. The molecule has 1 aromatic carbocycles. The molecule has 10 heteroatoms. The van der Waals surface area contributed by atoms with Crippen LogP contribution in [0.3, 0.4) is 0 Å². The molecule has 0 bridgehead atoms. The second-order valence-corrected chi connectivity index (χ2v) is 10.9. The number of rotatable bonds is 7. The lowest BCUT2D eigenvalue weighted by Gasteiger charge is -2.32. The van der Waals surface area contributed by atoms with Gasteiger partial charge in [-0.3, -0.25) is 9.36 Å². The minimum absolute atomic E-state index is 0.146. The van der Waals surface area contributed by atoms with E-state index in [9.17, 15) is 13.2 Å². The zero-order valence-electron chi connectivity index (χ0n) is 17.3. The van der Waals surface area contributed by atoms with Crippen LogP contribution in [0, 0.1) is 5.92 Å². The SMILES string of the molecule is CN(CC(=O)N1CCC(Cc2nncn2-c2ccccc2)CC1)S(=O)(=O)c1cccs1. The lowest BCUT2D eigenvalue weighted by atomic mass is 9.93. The maximum atomic E-state index is 12.7. The summed E-state index contributed by atoms with van der Waals surface area (Å²) in [6, 6.07) is 13.2. The molecular formula is C21H25N5O3S2. The van der Waals surface area contributed by atoms with Crippen molar-refractivity contribution < 1.29 is 13.2 Å². The monoisotopic (exact) mass is 459 g/mol. The number of carbonyl (C=O) groups excluding carboxylic acids is 1. The number of hydrogen-bond acceptors (Lipinski definition) is 6. The Morgan fingerprint density at radius 2 is 1.90 bits per heavy atom. The Kier molecular flexibility index (Phi) is 6.49. The van der Waals surface area contributed by atoms with Crippen molar-refractivity contribution in [2.45, 2.75) is 23.5 Å². The molecule has 31 heavy (non-hydrogen) atoms. The number of likely N-dealkylation sites (tertiary alicyclic amines) is 1. The predicted octanol–water partition coefficient (Wildman–Crippen LogP) is 2.43. The molecule has 2 aromatic heterocycles. The van der Waals surface area contributed by atoms with Crippen LogP contribution in [0.25, 0.3) is 5.69 Å². The first-order chi connectivity index (χ1) is 14.9. The second kappa shape index (κ2) is 9.29. The zero-order valence-corrected chi connectivity index (χ0v) is 18.9. The minimum atomic E-state index is -3.62. The van der Waals surface area contributed by atoms with Crippen molar-refractivity contribution >= 4 is 27.3 Å². The van der Waals surface area contributed by atoms with Crippen LogP contribution in [-0.4, -0.2) is 65.0 Å². The summed E-state index contributed by atoms with van der Waals surface area (Å²) in [5.74, 6) is 1.16. The standard InChI is InChI=1S/C21H25N5O3S2/c1-24(31(28,29)21-8-5-13-30-21)15-20(27)25-11-9-17(10-12-25)14-19-23-22-16-26(19)18-6-3-2-4-7-18/h2-8,13,16-17H,9-12,14-15H2,1H3. The molecule has 0 spiro atoms. The molecule has 0 unspecified atom stereocenters. The summed E-state index contributed by atoms with van der Waals surface area (Å²) in [7, 11) is -2.16. The first-order valence-corrected chi connectivity index (χ1v) is 12.5. The van der Waals surface area contributed by atoms with Crippen LogP contribution in [0.4, 0.5) is 0 Å². The van der Waals surface area contributed by atoms with E-state index in [0.29, 0.717) is 19.0 Å². The van der Waals surface area contributed by atoms with E-state index in [1.54, 1.807) is 28.7 Å². The molecule has 4 rings (SSSR count). The number of likely N-dealkylation sites (N-methyl/N-ethyl adjacent to an activating group) is 1. The van der Waals surface area contributed by atoms with E-state index in [0.717, 1.165) is 46.4 Å². The van der Waals surface area contributed by atoms with Crippen molar-refractivity contribution in [1.82, 2.24) is 24.0 Å². The third-order valence-electron chi connectivity index (χ3n) is 5.61. The largest absolute Gasteiger partial charge is 0.342 e. The van der Waals surface area contributed by atoms with Crippen molar-refractivity contribution in [2.24, 2.45) is 5.92 Å². The normalized spacial score (nSPS) is 15.5. The Labute approximate surface area is 186 Å². The van der Waals surface area contributed by atoms with Gasteiger partial charge >= 0.3 is 0 Å². The zero-order chi connectivity index (χ0) is 21.8. The highest BCUT2D eigenvalue weighted by Gasteiger charge is 2.28. The van der Waals surface area contributed by atoms with Gasteiger partial charge in [0.05, 0.1) is 6.54 Å². The van der Waals surface area contributed by atoms with E-state index in [2.05, 4.69) is 10.2 Å². The summed E-state index contributed by atoms with van der Waals surface area (Å²) in [5, 5.41) is 10.1. The van der Waals surface area contributed by atoms with E-state index in [-0.39, 0.29) is 16.7 Å². The maximum absolute atomic E-state index is 12.7. The van der Waals surface area contributed by atoms with Gasteiger partial charge in [-0.15, -0.1) is 21.5 Å². The average Bonchev–Trinajstić information content (AvgIpc) is 3.47. The number of amides is 1. The van der Waals surface area contributed by atoms with Crippen molar-refractivity contribution in [1.29, 1.82) is 0 Å². The van der Waals surface area contributed by atoms with Crippen LogP contribution < -0.4 is 0 Å². The lowest BCUT2D eigenvalue weighted by molar-refractivity contribution is -0.132. The summed E-state index contributed by atoms with van der Waals surface area (Å²) in [6.45, 7) is 1.10. The Morgan fingerprint density at radius 1 is 1.16 bits per heavy atom. The van der Waals surface area contributed by atoms with Crippen LogP contribution in [-0.2, 0) is 21.2 Å². The molecule has 3 aromatic rings. The number of carbonyl (C=O) groups is 1. The molecule has 0 aliphatic carbocycles. The van der Waals surface area contributed by atoms with Gasteiger partial charge in [0.15, 0.2) is 0 Å². The van der Waals surface area contributed by atoms with E-state index < -0.39 is 10.0 Å².